The Morgan fingerprint density at radius 2 is 2.09 bits per heavy atom. The predicted octanol–water partition coefficient (Wildman–Crippen LogP) is 2.65. The molecule has 0 spiro atoms. The quantitative estimate of drug-likeness (QED) is 0.896. The van der Waals surface area contributed by atoms with Gasteiger partial charge < -0.3 is 10.6 Å². The molecule has 0 bridgehead atoms. The lowest BCUT2D eigenvalue weighted by Crippen LogP contribution is -2.52. The lowest BCUT2D eigenvalue weighted by atomic mass is 9.98. The molecule has 1 aliphatic rings. The monoisotopic (exact) mass is 318 g/mol. The number of alkyl halides is 3. The average molecular weight is 318 g/mol. The third-order valence-corrected chi connectivity index (χ3v) is 4.29. The minimum absolute atomic E-state index is 0.154. The average Bonchev–Trinajstić information content (AvgIpc) is 3.05. The van der Waals surface area contributed by atoms with Crippen LogP contribution < -0.4 is 10.6 Å². The molecule has 1 aromatic heterocycles. The van der Waals surface area contributed by atoms with E-state index in [1.807, 2.05) is 6.92 Å². The van der Waals surface area contributed by atoms with Crippen LogP contribution in [0.3, 0.4) is 0 Å². The number of carbonyl (C=O) groups excluding carboxylic acids is 1. The summed E-state index contributed by atoms with van der Waals surface area (Å²) < 4.78 is 41.0. The van der Waals surface area contributed by atoms with Gasteiger partial charge in [-0.25, -0.2) is 4.79 Å². The summed E-state index contributed by atoms with van der Waals surface area (Å²) in [7, 11) is 1.76. The molecular weight excluding hydrogens is 297 g/mol. The molecule has 8 heteroatoms. The molecule has 1 aliphatic carbocycles. The number of amides is 2. The maximum atomic E-state index is 13.1. The van der Waals surface area contributed by atoms with E-state index in [0.717, 1.165) is 24.1 Å². The number of aromatic nitrogens is 2. The highest BCUT2D eigenvalue weighted by molar-refractivity contribution is 5.74. The third kappa shape index (κ3) is 3.92. The summed E-state index contributed by atoms with van der Waals surface area (Å²) in [5, 5.41) is 8.59. The lowest BCUT2D eigenvalue weighted by Gasteiger charge is -2.27. The molecule has 1 aromatic rings. The summed E-state index contributed by atoms with van der Waals surface area (Å²) in [6, 6.07) is -2.57. The van der Waals surface area contributed by atoms with Gasteiger partial charge in [0.15, 0.2) is 0 Å². The number of hydrogen-bond donors (Lipinski definition) is 2. The van der Waals surface area contributed by atoms with E-state index in [9.17, 15) is 18.0 Å². The normalized spacial score (nSPS) is 17.5. The summed E-state index contributed by atoms with van der Waals surface area (Å²) in [5.41, 5.74) is 1.64. The van der Waals surface area contributed by atoms with Crippen LogP contribution >= 0.6 is 0 Å². The van der Waals surface area contributed by atoms with Crippen molar-refractivity contribution in [1.29, 1.82) is 0 Å². The van der Waals surface area contributed by atoms with Gasteiger partial charge in [0, 0.05) is 24.8 Å². The second kappa shape index (κ2) is 6.58. The molecular formula is C14H21F3N4O. The molecule has 124 valence electrons. The first-order chi connectivity index (χ1) is 10.3. The van der Waals surface area contributed by atoms with E-state index in [2.05, 4.69) is 15.7 Å². The van der Waals surface area contributed by atoms with E-state index in [-0.39, 0.29) is 6.54 Å². The molecule has 1 atom stereocenters. The Labute approximate surface area is 127 Å². The molecule has 1 fully saturated rings. The Morgan fingerprint density at radius 3 is 2.59 bits per heavy atom. The van der Waals surface area contributed by atoms with Crippen molar-refractivity contribution < 1.29 is 18.0 Å². The number of nitrogens with one attached hydrogen (secondary N) is 2. The van der Waals surface area contributed by atoms with Gasteiger partial charge in [-0.1, -0.05) is 12.8 Å². The standard InChI is InChI=1S/C14H21F3N4O/c1-9-11(8-19-21(9)2)7-18-13(22)20-12(14(15,16)17)10-5-3-4-6-10/h8,10,12H,3-7H2,1-2H3,(H2,18,20,22)/t12-/m0/s1. The van der Waals surface area contributed by atoms with E-state index in [1.54, 1.807) is 17.9 Å². The maximum Gasteiger partial charge on any atom is 0.408 e. The topological polar surface area (TPSA) is 59.0 Å². The van der Waals surface area contributed by atoms with Gasteiger partial charge in [0.05, 0.1) is 6.20 Å². The molecule has 2 N–H and O–H groups in total. The number of aryl methyl sites for hydroxylation is 1. The van der Waals surface area contributed by atoms with Gasteiger partial charge in [-0.15, -0.1) is 0 Å². The van der Waals surface area contributed by atoms with Crippen molar-refractivity contribution in [3.63, 3.8) is 0 Å². The van der Waals surface area contributed by atoms with E-state index in [1.165, 1.54) is 0 Å². The van der Waals surface area contributed by atoms with Crippen LogP contribution in [0.1, 0.15) is 36.9 Å². The van der Waals surface area contributed by atoms with Crippen LogP contribution in [0.4, 0.5) is 18.0 Å². The van der Waals surface area contributed by atoms with Crippen LogP contribution in [0.25, 0.3) is 0 Å². The van der Waals surface area contributed by atoms with Gasteiger partial charge in [0.25, 0.3) is 0 Å². The zero-order valence-corrected chi connectivity index (χ0v) is 12.7. The first-order valence-electron chi connectivity index (χ1n) is 7.37. The molecule has 0 radical (unpaired) electrons. The SMILES string of the molecule is Cc1c(CNC(=O)N[C@@H](C2CCCC2)C(F)(F)F)cnn1C. The van der Waals surface area contributed by atoms with Crippen molar-refractivity contribution in [2.45, 2.75) is 51.4 Å². The van der Waals surface area contributed by atoms with Crippen LogP contribution in [-0.4, -0.2) is 28.0 Å². The molecule has 22 heavy (non-hydrogen) atoms. The molecule has 0 aliphatic heterocycles. The Morgan fingerprint density at radius 1 is 1.45 bits per heavy atom. The highest BCUT2D eigenvalue weighted by Crippen LogP contribution is 2.35. The number of hydrogen-bond acceptors (Lipinski definition) is 2. The number of rotatable bonds is 4. The summed E-state index contributed by atoms with van der Waals surface area (Å²) in [5.74, 6) is -0.522. The number of halogens is 3. The van der Waals surface area contributed by atoms with Crippen LogP contribution in [0, 0.1) is 12.8 Å². The molecule has 2 rings (SSSR count). The second-order valence-corrected chi connectivity index (χ2v) is 5.77. The van der Waals surface area contributed by atoms with Crippen LogP contribution in [0.5, 0.6) is 0 Å². The fourth-order valence-corrected chi connectivity index (χ4v) is 2.84. The summed E-state index contributed by atoms with van der Waals surface area (Å²) in [6.45, 7) is 1.99. The first kappa shape index (κ1) is 16.6. The summed E-state index contributed by atoms with van der Waals surface area (Å²) in [6.07, 6.45) is -0.242. The third-order valence-electron chi connectivity index (χ3n) is 4.29. The fraction of sp³-hybridized carbons (Fsp3) is 0.714. The number of carbonyl (C=O) groups is 1. The molecule has 2 amide bonds. The largest absolute Gasteiger partial charge is 0.408 e. The van der Waals surface area contributed by atoms with E-state index in [4.69, 9.17) is 0 Å². The summed E-state index contributed by atoms with van der Waals surface area (Å²) >= 11 is 0. The van der Waals surface area contributed by atoms with Crippen molar-refractivity contribution in [3.8, 4) is 0 Å². The Kier molecular flexibility index (Phi) is 4.97. The molecule has 0 aromatic carbocycles. The molecule has 5 nitrogen and oxygen atoms in total. The Hall–Kier alpha value is -1.73. The van der Waals surface area contributed by atoms with Gasteiger partial charge in [0.2, 0.25) is 0 Å². The van der Waals surface area contributed by atoms with Gasteiger partial charge in [-0.3, -0.25) is 4.68 Å². The highest BCUT2D eigenvalue weighted by Gasteiger charge is 2.46. The highest BCUT2D eigenvalue weighted by atomic mass is 19.4. The van der Waals surface area contributed by atoms with Crippen molar-refractivity contribution in [2.75, 3.05) is 0 Å². The van der Waals surface area contributed by atoms with Crippen LogP contribution in [0.15, 0.2) is 6.20 Å². The van der Waals surface area contributed by atoms with E-state index in [0.29, 0.717) is 12.8 Å². The number of urea groups is 1. The molecule has 0 saturated heterocycles. The Balaban J connectivity index is 1.92. The van der Waals surface area contributed by atoms with Crippen molar-refractivity contribution >= 4 is 6.03 Å². The van der Waals surface area contributed by atoms with Crippen LogP contribution in [0.2, 0.25) is 0 Å². The van der Waals surface area contributed by atoms with Crippen molar-refractivity contribution in [3.05, 3.63) is 17.5 Å². The zero-order chi connectivity index (χ0) is 16.3. The number of nitrogens with zero attached hydrogens (tertiary/aromatic N) is 2. The van der Waals surface area contributed by atoms with Gasteiger partial charge >= 0.3 is 12.2 Å². The Bertz CT molecular complexity index is 521. The minimum atomic E-state index is -4.42. The van der Waals surface area contributed by atoms with Gasteiger partial charge in [-0.05, 0) is 25.7 Å². The maximum absolute atomic E-state index is 13.1. The summed E-state index contributed by atoms with van der Waals surface area (Å²) in [4.78, 5) is 11.8. The predicted molar refractivity (Wildman–Crippen MR) is 75.1 cm³/mol. The van der Waals surface area contributed by atoms with Crippen molar-refractivity contribution in [1.82, 2.24) is 20.4 Å². The van der Waals surface area contributed by atoms with E-state index >= 15 is 0 Å². The molecule has 1 saturated carbocycles. The first-order valence-corrected chi connectivity index (χ1v) is 7.37. The smallest absolute Gasteiger partial charge is 0.334 e. The lowest BCUT2D eigenvalue weighted by molar-refractivity contribution is -0.164. The van der Waals surface area contributed by atoms with Gasteiger partial charge in [-0.2, -0.15) is 18.3 Å². The van der Waals surface area contributed by atoms with Crippen LogP contribution in [-0.2, 0) is 13.6 Å². The second-order valence-electron chi connectivity index (χ2n) is 5.77. The molecule has 1 heterocycles. The van der Waals surface area contributed by atoms with E-state index < -0.39 is 24.2 Å². The van der Waals surface area contributed by atoms with Crippen molar-refractivity contribution in [2.24, 2.45) is 13.0 Å². The van der Waals surface area contributed by atoms with Gasteiger partial charge in [0.1, 0.15) is 6.04 Å². The fourth-order valence-electron chi connectivity index (χ4n) is 2.84. The molecule has 0 unspecified atom stereocenters. The minimum Gasteiger partial charge on any atom is -0.334 e. The zero-order valence-electron chi connectivity index (χ0n) is 12.7.